The molecule has 0 radical (unpaired) electrons. The molecule has 0 aromatic carbocycles. The van der Waals surface area contributed by atoms with Crippen molar-refractivity contribution in [1.82, 2.24) is 0 Å². The molecular weight excluding hydrogens is 127 g/mol. The Labute approximate surface area is 46.5 Å². The van der Waals surface area contributed by atoms with Crippen molar-refractivity contribution in [3.8, 4) is 0 Å². The van der Waals surface area contributed by atoms with Gasteiger partial charge in [0, 0.05) is 0 Å². The van der Waals surface area contributed by atoms with Gasteiger partial charge in [0.05, 0.1) is 0 Å². The highest BCUT2D eigenvalue weighted by atomic mass is 35.5. The quantitative estimate of drug-likeness (QED) is 0.532. The van der Waals surface area contributed by atoms with Gasteiger partial charge >= 0.3 is 5.97 Å². The molecular formula is C2H4Cl2O2. The average molecular weight is 131 g/mol. The number of hydrogen-bond acceptors (Lipinski definition) is 1. The number of alkyl halides is 1. The Hall–Kier alpha value is 0.0500. The van der Waals surface area contributed by atoms with E-state index in [0.29, 0.717) is 0 Å². The highest BCUT2D eigenvalue weighted by molar-refractivity contribution is 6.26. The Balaban J connectivity index is 0. The minimum Gasteiger partial charge on any atom is -0.480 e. The predicted molar refractivity (Wildman–Crippen MR) is 25.6 cm³/mol. The van der Waals surface area contributed by atoms with E-state index in [0.717, 1.165) is 0 Å². The molecule has 6 heavy (non-hydrogen) atoms. The summed E-state index contributed by atoms with van der Waals surface area (Å²) in [6.45, 7) is 0. The van der Waals surface area contributed by atoms with Crippen LogP contribution in [0.2, 0.25) is 0 Å². The molecule has 0 aliphatic carbocycles. The average Bonchev–Trinajstić information content (AvgIpc) is 1.38. The number of halogens is 2. The zero-order chi connectivity index (χ0) is 4.28. The standard InChI is InChI=1S/C2H3ClO2.ClH/c3-1-2(4)5;/h1H2,(H,4,5);1H. The maximum Gasteiger partial charge on any atom is 0.318 e. The predicted octanol–water partition coefficient (Wildman–Crippen LogP) is 0.732. The normalized spacial score (nSPS) is 6.17. The van der Waals surface area contributed by atoms with Crippen molar-refractivity contribution in [2.75, 3.05) is 5.88 Å². The summed E-state index contributed by atoms with van der Waals surface area (Å²) in [5.41, 5.74) is 0. The summed E-state index contributed by atoms with van der Waals surface area (Å²) in [6.07, 6.45) is 0. The second-order valence-corrected chi connectivity index (χ2v) is 0.795. The third-order valence-electron chi connectivity index (χ3n) is 0.114. The van der Waals surface area contributed by atoms with Crippen LogP contribution >= 0.6 is 24.0 Å². The Morgan fingerprint density at radius 3 is 2.00 bits per heavy atom. The van der Waals surface area contributed by atoms with Crippen molar-refractivity contribution in [2.24, 2.45) is 0 Å². The van der Waals surface area contributed by atoms with Crippen LogP contribution in [0.15, 0.2) is 0 Å². The van der Waals surface area contributed by atoms with Crippen LogP contribution in [-0.2, 0) is 4.79 Å². The zero-order valence-electron chi connectivity index (χ0n) is 2.85. The summed E-state index contributed by atoms with van der Waals surface area (Å²) in [7, 11) is 0. The van der Waals surface area contributed by atoms with E-state index in [-0.39, 0.29) is 18.3 Å². The highest BCUT2D eigenvalue weighted by Crippen LogP contribution is 1.67. The fraction of sp³-hybridized carbons (Fsp3) is 0.500. The first-order valence-electron chi connectivity index (χ1n) is 1.05. The monoisotopic (exact) mass is 130 g/mol. The molecule has 0 saturated carbocycles. The maximum absolute atomic E-state index is 9.24. The van der Waals surface area contributed by atoms with E-state index in [1.54, 1.807) is 0 Å². The van der Waals surface area contributed by atoms with Crippen molar-refractivity contribution in [1.29, 1.82) is 0 Å². The van der Waals surface area contributed by atoms with Crippen molar-refractivity contribution in [3.05, 3.63) is 0 Å². The number of carbonyl (C=O) groups is 1. The lowest BCUT2D eigenvalue weighted by Crippen LogP contribution is -1.92. The minimum absolute atomic E-state index is 0. The third-order valence-corrected chi connectivity index (χ3v) is 0.343. The van der Waals surface area contributed by atoms with Gasteiger partial charge in [-0.25, -0.2) is 0 Å². The number of carboxylic acid groups (broad SMARTS) is 1. The van der Waals surface area contributed by atoms with Crippen LogP contribution in [0.5, 0.6) is 0 Å². The van der Waals surface area contributed by atoms with Gasteiger partial charge in [-0.2, -0.15) is 0 Å². The fourth-order valence-corrected chi connectivity index (χ4v) is 0. The molecule has 0 fully saturated rings. The summed E-state index contributed by atoms with van der Waals surface area (Å²) in [4.78, 5) is 9.24. The first-order chi connectivity index (χ1) is 2.27. The fourth-order valence-electron chi connectivity index (χ4n) is 0. The van der Waals surface area contributed by atoms with E-state index in [9.17, 15) is 4.79 Å². The number of hydrogen-bond donors (Lipinski definition) is 1. The van der Waals surface area contributed by atoms with Crippen molar-refractivity contribution < 1.29 is 9.90 Å². The van der Waals surface area contributed by atoms with E-state index in [4.69, 9.17) is 16.7 Å². The van der Waals surface area contributed by atoms with Gasteiger partial charge in [-0.1, -0.05) is 0 Å². The molecule has 1 N–H and O–H groups in total. The van der Waals surface area contributed by atoms with Crippen LogP contribution in [0.4, 0.5) is 0 Å². The van der Waals surface area contributed by atoms with Crippen LogP contribution in [0.3, 0.4) is 0 Å². The van der Waals surface area contributed by atoms with Crippen molar-refractivity contribution in [3.63, 3.8) is 0 Å². The van der Waals surface area contributed by atoms with Crippen LogP contribution in [0.25, 0.3) is 0 Å². The summed E-state index contributed by atoms with van der Waals surface area (Å²) in [5.74, 6) is -1.29. The van der Waals surface area contributed by atoms with Gasteiger partial charge in [-0.15, -0.1) is 24.0 Å². The second kappa shape index (κ2) is 5.05. The van der Waals surface area contributed by atoms with Gasteiger partial charge in [0.25, 0.3) is 0 Å². The molecule has 0 aromatic heterocycles. The molecule has 0 aliphatic heterocycles. The first kappa shape index (κ1) is 9.41. The molecule has 0 saturated heterocycles. The highest BCUT2D eigenvalue weighted by Gasteiger charge is 1.83. The van der Waals surface area contributed by atoms with Gasteiger partial charge in [0.2, 0.25) is 0 Å². The molecule has 38 valence electrons. The lowest BCUT2D eigenvalue weighted by molar-refractivity contribution is -0.134. The van der Waals surface area contributed by atoms with E-state index in [1.165, 1.54) is 0 Å². The smallest absolute Gasteiger partial charge is 0.318 e. The Morgan fingerprint density at radius 2 is 2.00 bits per heavy atom. The van der Waals surface area contributed by atoms with Gasteiger partial charge in [-0.05, 0) is 0 Å². The minimum atomic E-state index is -0.980. The molecule has 0 aliphatic rings. The molecule has 0 atom stereocenters. The molecule has 0 spiro atoms. The van der Waals surface area contributed by atoms with Crippen molar-refractivity contribution in [2.45, 2.75) is 0 Å². The Bertz CT molecular complexity index is 44.8. The van der Waals surface area contributed by atoms with Gasteiger partial charge in [0.1, 0.15) is 5.88 Å². The van der Waals surface area contributed by atoms with Crippen LogP contribution in [-0.4, -0.2) is 17.0 Å². The molecule has 0 heterocycles. The summed E-state index contributed by atoms with van der Waals surface area (Å²) in [6, 6.07) is 0. The summed E-state index contributed by atoms with van der Waals surface area (Å²) >= 11 is 4.74. The number of carboxylic acids is 1. The Morgan fingerprint density at radius 1 is 1.83 bits per heavy atom. The van der Waals surface area contributed by atoms with Crippen LogP contribution in [0.1, 0.15) is 0 Å². The van der Waals surface area contributed by atoms with Crippen molar-refractivity contribution >= 4 is 30.0 Å². The summed E-state index contributed by atoms with van der Waals surface area (Å²) < 4.78 is 0. The zero-order valence-corrected chi connectivity index (χ0v) is 4.42. The Kier molecular flexibility index (Phi) is 7.92. The van der Waals surface area contributed by atoms with Gasteiger partial charge in [0.15, 0.2) is 0 Å². The second-order valence-electron chi connectivity index (χ2n) is 0.527. The number of aliphatic carboxylic acids is 1. The van der Waals surface area contributed by atoms with Gasteiger partial charge < -0.3 is 5.11 Å². The van der Waals surface area contributed by atoms with E-state index in [2.05, 4.69) is 0 Å². The molecule has 0 amide bonds. The maximum atomic E-state index is 9.24. The first-order valence-corrected chi connectivity index (χ1v) is 1.58. The SMILES string of the molecule is Cl.O=C(O)CCl. The van der Waals surface area contributed by atoms with Crippen LogP contribution in [0, 0.1) is 0 Å². The molecule has 0 aromatic rings. The lowest BCUT2D eigenvalue weighted by atomic mass is 10.8. The molecule has 0 unspecified atom stereocenters. The van der Waals surface area contributed by atoms with Gasteiger partial charge in [-0.3, -0.25) is 4.79 Å². The molecule has 4 heteroatoms. The van der Waals surface area contributed by atoms with E-state index in [1.807, 2.05) is 0 Å². The topological polar surface area (TPSA) is 37.3 Å². The van der Waals surface area contributed by atoms with E-state index < -0.39 is 5.97 Å². The number of rotatable bonds is 1. The molecule has 0 rings (SSSR count). The lowest BCUT2D eigenvalue weighted by Gasteiger charge is -1.69. The largest absolute Gasteiger partial charge is 0.480 e. The molecule has 0 bridgehead atoms. The van der Waals surface area contributed by atoms with Crippen LogP contribution < -0.4 is 0 Å². The van der Waals surface area contributed by atoms with E-state index >= 15 is 0 Å². The molecule has 2 nitrogen and oxygen atoms in total. The third kappa shape index (κ3) is 8.96. The summed E-state index contributed by atoms with van der Waals surface area (Å²) in [5, 5.41) is 7.59.